The molecule has 19 heavy (non-hydrogen) atoms. The topological polar surface area (TPSA) is 33.0 Å². The maximum Gasteiger partial charge on any atom is 0.122 e. The zero-order valence-corrected chi connectivity index (χ0v) is 11.5. The Morgan fingerprint density at radius 3 is 2.42 bits per heavy atom. The Morgan fingerprint density at radius 1 is 1.00 bits per heavy atom. The van der Waals surface area contributed by atoms with Crippen LogP contribution in [0, 0.1) is 32.1 Å². The Morgan fingerprint density at radius 2 is 1.79 bits per heavy atom. The number of aryl methyl sites for hydroxylation is 3. The van der Waals surface area contributed by atoms with Gasteiger partial charge in [-0.25, -0.2) is 0 Å². The highest BCUT2D eigenvalue weighted by atomic mass is 16.5. The molecule has 2 heteroatoms. The lowest BCUT2D eigenvalue weighted by Crippen LogP contribution is -1.99. The summed E-state index contributed by atoms with van der Waals surface area (Å²) in [4.78, 5) is 0. The van der Waals surface area contributed by atoms with E-state index < -0.39 is 0 Å². The third-order valence-electron chi connectivity index (χ3n) is 3.19. The highest BCUT2D eigenvalue weighted by Crippen LogP contribution is 2.21. The number of hydrogen-bond donors (Lipinski definition) is 0. The lowest BCUT2D eigenvalue weighted by molar-refractivity contribution is 0.303. The molecule has 0 fully saturated rings. The first-order chi connectivity index (χ1) is 9.10. The van der Waals surface area contributed by atoms with Crippen molar-refractivity contribution in [1.82, 2.24) is 0 Å². The number of rotatable bonds is 3. The van der Waals surface area contributed by atoms with Gasteiger partial charge in [-0.1, -0.05) is 23.8 Å². The van der Waals surface area contributed by atoms with E-state index in [1.54, 1.807) is 0 Å². The Hall–Kier alpha value is -2.27. The van der Waals surface area contributed by atoms with Crippen molar-refractivity contribution in [3.63, 3.8) is 0 Å². The van der Waals surface area contributed by atoms with Crippen LogP contribution < -0.4 is 4.74 Å². The summed E-state index contributed by atoms with van der Waals surface area (Å²) in [5.41, 5.74) is 5.27. The lowest BCUT2D eigenvalue weighted by atomic mass is 10.1. The van der Waals surface area contributed by atoms with Crippen LogP contribution in [-0.2, 0) is 6.61 Å². The van der Waals surface area contributed by atoms with E-state index in [0.29, 0.717) is 12.2 Å². The van der Waals surface area contributed by atoms with Crippen LogP contribution in [0.1, 0.15) is 27.8 Å². The first-order valence-corrected chi connectivity index (χ1v) is 6.30. The van der Waals surface area contributed by atoms with Crippen molar-refractivity contribution in [2.75, 3.05) is 0 Å². The van der Waals surface area contributed by atoms with Gasteiger partial charge in [-0.2, -0.15) is 5.26 Å². The van der Waals surface area contributed by atoms with E-state index in [1.807, 2.05) is 44.2 Å². The third kappa shape index (κ3) is 3.14. The Kier molecular flexibility index (Phi) is 3.87. The molecule has 0 aliphatic heterocycles. The Bertz CT molecular complexity index is 638. The number of nitrogens with zero attached hydrogens (tertiary/aromatic N) is 1. The first kappa shape index (κ1) is 13.2. The van der Waals surface area contributed by atoms with Gasteiger partial charge in [0, 0.05) is 0 Å². The van der Waals surface area contributed by atoms with Crippen LogP contribution in [0.5, 0.6) is 5.75 Å². The largest absolute Gasteiger partial charge is 0.489 e. The summed E-state index contributed by atoms with van der Waals surface area (Å²) in [6, 6.07) is 14.0. The molecule has 96 valence electrons. The summed E-state index contributed by atoms with van der Waals surface area (Å²) in [7, 11) is 0. The van der Waals surface area contributed by atoms with Crippen molar-refractivity contribution >= 4 is 0 Å². The summed E-state index contributed by atoms with van der Waals surface area (Å²) in [6.45, 7) is 6.65. The van der Waals surface area contributed by atoms with E-state index in [-0.39, 0.29) is 0 Å². The van der Waals surface area contributed by atoms with Gasteiger partial charge < -0.3 is 4.74 Å². The molecule has 0 unspecified atom stereocenters. The predicted octanol–water partition coefficient (Wildman–Crippen LogP) is 4.06. The van der Waals surface area contributed by atoms with Gasteiger partial charge in [0.25, 0.3) is 0 Å². The first-order valence-electron chi connectivity index (χ1n) is 6.30. The van der Waals surface area contributed by atoms with E-state index in [9.17, 15) is 0 Å². The zero-order valence-electron chi connectivity index (χ0n) is 11.5. The van der Waals surface area contributed by atoms with E-state index in [4.69, 9.17) is 10.00 Å². The fraction of sp³-hybridized carbons (Fsp3) is 0.235. The molecular weight excluding hydrogens is 234 g/mol. The standard InChI is InChI=1S/C17H17NO/c1-12-4-7-17(14(3)8-12)19-11-16-6-5-15(10-18)9-13(16)2/h4-9H,11H2,1-3H3. The van der Waals surface area contributed by atoms with Crippen LogP contribution in [0.4, 0.5) is 0 Å². The van der Waals surface area contributed by atoms with E-state index in [2.05, 4.69) is 19.1 Å². The number of ether oxygens (including phenoxy) is 1. The quantitative estimate of drug-likeness (QED) is 0.824. The second-order valence-electron chi connectivity index (χ2n) is 4.81. The summed E-state index contributed by atoms with van der Waals surface area (Å²) >= 11 is 0. The van der Waals surface area contributed by atoms with Crippen molar-refractivity contribution in [3.05, 3.63) is 64.2 Å². The molecule has 0 saturated heterocycles. The molecule has 0 atom stereocenters. The molecule has 0 bridgehead atoms. The second-order valence-corrected chi connectivity index (χ2v) is 4.81. The van der Waals surface area contributed by atoms with Gasteiger partial charge in [0.2, 0.25) is 0 Å². The molecule has 0 aliphatic rings. The lowest BCUT2D eigenvalue weighted by Gasteiger charge is -2.11. The molecule has 0 radical (unpaired) electrons. The smallest absolute Gasteiger partial charge is 0.122 e. The molecule has 0 heterocycles. The minimum Gasteiger partial charge on any atom is -0.489 e. The SMILES string of the molecule is Cc1ccc(OCc2ccc(C#N)cc2C)c(C)c1. The van der Waals surface area contributed by atoms with Crippen LogP contribution in [0.15, 0.2) is 36.4 Å². The summed E-state index contributed by atoms with van der Waals surface area (Å²) in [5.74, 6) is 0.911. The molecule has 0 aromatic heterocycles. The molecule has 0 N–H and O–H groups in total. The van der Waals surface area contributed by atoms with E-state index in [0.717, 1.165) is 22.4 Å². The Balaban J connectivity index is 2.13. The van der Waals surface area contributed by atoms with Crippen molar-refractivity contribution in [1.29, 1.82) is 5.26 Å². The molecule has 0 amide bonds. The molecule has 0 saturated carbocycles. The van der Waals surface area contributed by atoms with Crippen molar-refractivity contribution in [2.45, 2.75) is 27.4 Å². The van der Waals surface area contributed by atoms with Crippen molar-refractivity contribution in [2.24, 2.45) is 0 Å². The molecular formula is C17H17NO. The maximum absolute atomic E-state index is 8.84. The summed E-state index contributed by atoms with van der Waals surface area (Å²) < 4.78 is 5.85. The number of hydrogen-bond acceptors (Lipinski definition) is 2. The highest BCUT2D eigenvalue weighted by Gasteiger charge is 2.03. The van der Waals surface area contributed by atoms with Gasteiger partial charge in [0.1, 0.15) is 12.4 Å². The van der Waals surface area contributed by atoms with E-state index in [1.165, 1.54) is 5.56 Å². The van der Waals surface area contributed by atoms with Gasteiger partial charge in [-0.3, -0.25) is 0 Å². The number of nitriles is 1. The molecule has 2 aromatic rings. The molecule has 0 aliphatic carbocycles. The van der Waals surface area contributed by atoms with Gasteiger partial charge in [-0.15, -0.1) is 0 Å². The van der Waals surface area contributed by atoms with E-state index >= 15 is 0 Å². The fourth-order valence-corrected chi connectivity index (χ4v) is 2.04. The van der Waals surface area contributed by atoms with Crippen molar-refractivity contribution in [3.8, 4) is 11.8 Å². The van der Waals surface area contributed by atoms with Crippen LogP contribution in [-0.4, -0.2) is 0 Å². The molecule has 0 spiro atoms. The van der Waals surface area contributed by atoms with Crippen LogP contribution in [0.3, 0.4) is 0 Å². The second kappa shape index (κ2) is 5.58. The fourth-order valence-electron chi connectivity index (χ4n) is 2.04. The summed E-state index contributed by atoms with van der Waals surface area (Å²) in [5, 5.41) is 8.84. The van der Waals surface area contributed by atoms with Crippen LogP contribution >= 0.6 is 0 Å². The normalized spacial score (nSPS) is 10.0. The van der Waals surface area contributed by atoms with Gasteiger partial charge >= 0.3 is 0 Å². The summed E-state index contributed by atoms with van der Waals surface area (Å²) in [6.07, 6.45) is 0. The molecule has 2 rings (SSSR count). The third-order valence-corrected chi connectivity index (χ3v) is 3.19. The molecule has 2 aromatic carbocycles. The maximum atomic E-state index is 8.84. The van der Waals surface area contributed by atoms with Gasteiger partial charge in [0.15, 0.2) is 0 Å². The van der Waals surface area contributed by atoms with Gasteiger partial charge in [0.05, 0.1) is 11.6 Å². The number of benzene rings is 2. The predicted molar refractivity (Wildman–Crippen MR) is 76.1 cm³/mol. The Labute approximate surface area is 114 Å². The average molecular weight is 251 g/mol. The van der Waals surface area contributed by atoms with Gasteiger partial charge in [-0.05, 0) is 55.7 Å². The zero-order chi connectivity index (χ0) is 13.8. The minimum atomic E-state index is 0.529. The minimum absolute atomic E-state index is 0.529. The monoisotopic (exact) mass is 251 g/mol. The highest BCUT2D eigenvalue weighted by molar-refractivity contribution is 5.39. The average Bonchev–Trinajstić information content (AvgIpc) is 2.39. The van der Waals surface area contributed by atoms with Crippen molar-refractivity contribution < 1.29 is 4.74 Å². The van der Waals surface area contributed by atoms with Crippen LogP contribution in [0.25, 0.3) is 0 Å². The van der Waals surface area contributed by atoms with Crippen LogP contribution in [0.2, 0.25) is 0 Å². The molecule has 2 nitrogen and oxygen atoms in total.